The zero-order valence-corrected chi connectivity index (χ0v) is 12.1. The summed E-state index contributed by atoms with van der Waals surface area (Å²) < 4.78 is 11.0. The highest BCUT2D eigenvalue weighted by atomic mass is 16.7. The van der Waals surface area contributed by atoms with E-state index in [1.54, 1.807) is 12.1 Å². The van der Waals surface area contributed by atoms with Crippen LogP contribution in [0, 0.1) is 0 Å². The molecule has 0 aliphatic heterocycles. The molecular formula is C15H25NO3. The van der Waals surface area contributed by atoms with E-state index in [9.17, 15) is 5.11 Å². The molecule has 1 aromatic carbocycles. The van der Waals surface area contributed by atoms with E-state index < -0.39 is 0 Å². The van der Waals surface area contributed by atoms with E-state index in [4.69, 9.17) is 9.47 Å². The summed E-state index contributed by atoms with van der Waals surface area (Å²) in [5, 5.41) is 12.6. The van der Waals surface area contributed by atoms with Gasteiger partial charge < -0.3 is 19.9 Å². The van der Waals surface area contributed by atoms with Crippen molar-refractivity contribution >= 4 is 0 Å². The Kier molecular flexibility index (Phi) is 7.48. The molecule has 1 atom stereocenters. The van der Waals surface area contributed by atoms with E-state index in [0.29, 0.717) is 31.5 Å². The highest BCUT2D eigenvalue weighted by Crippen LogP contribution is 2.11. The van der Waals surface area contributed by atoms with Gasteiger partial charge in [-0.1, -0.05) is 12.1 Å². The zero-order chi connectivity index (χ0) is 14.1. The van der Waals surface area contributed by atoms with Crippen molar-refractivity contribution in [1.29, 1.82) is 0 Å². The van der Waals surface area contributed by atoms with Gasteiger partial charge in [0.25, 0.3) is 0 Å². The predicted molar refractivity (Wildman–Crippen MR) is 76.3 cm³/mol. The molecule has 0 aliphatic carbocycles. The lowest BCUT2D eigenvalue weighted by Gasteiger charge is -2.20. The largest absolute Gasteiger partial charge is 0.508 e. The SMILES string of the molecule is CCOC(CNC(C)Cc1ccc(O)cc1)OCC. The lowest BCUT2D eigenvalue weighted by atomic mass is 10.1. The Morgan fingerprint density at radius 2 is 1.68 bits per heavy atom. The molecule has 0 amide bonds. The Balaban J connectivity index is 2.33. The van der Waals surface area contributed by atoms with Gasteiger partial charge in [0.05, 0.1) is 0 Å². The van der Waals surface area contributed by atoms with Crippen molar-refractivity contribution in [3.8, 4) is 5.75 Å². The average Bonchev–Trinajstić information content (AvgIpc) is 2.39. The Labute approximate surface area is 115 Å². The number of ether oxygens (including phenoxy) is 2. The van der Waals surface area contributed by atoms with E-state index in [1.807, 2.05) is 26.0 Å². The molecule has 0 heterocycles. The summed E-state index contributed by atoms with van der Waals surface area (Å²) in [6.45, 7) is 8.04. The third kappa shape index (κ3) is 6.57. The average molecular weight is 267 g/mol. The van der Waals surface area contributed by atoms with Gasteiger partial charge >= 0.3 is 0 Å². The van der Waals surface area contributed by atoms with E-state index in [0.717, 1.165) is 6.42 Å². The monoisotopic (exact) mass is 267 g/mol. The molecular weight excluding hydrogens is 242 g/mol. The zero-order valence-electron chi connectivity index (χ0n) is 12.1. The van der Waals surface area contributed by atoms with Gasteiger partial charge in [0.2, 0.25) is 0 Å². The van der Waals surface area contributed by atoms with Crippen LogP contribution in [0.4, 0.5) is 0 Å². The molecule has 0 aromatic heterocycles. The molecule has 1 rings (SSSR count). The summed E-state index contributed by atoms with van der Waals surface area (Å²) in [5.74, 6) is 0.303. The summed E-state index contributed by atoms with van der Waals surface area (Å²) in [6.07, 6.45) is 0.725. The van der Waals surface area contributed by atoms with Crippen LogP contribution in [0.1, 0.15) is 26.3 Å². The number of hydrogen-bond donors (Lipinski definition) is 2. The molecule has 0 radical (unpaired) electrons. The predicted octanol–water partition coefficient (Wildman–Crippen LogP) is 2.31. The molecule has 2 N–H and O–H groups in total. The Bertz CT molecular complexity index is 334. The number of aromatic hydroxyl groups is 1. The van der Waals surface area contributed by atoms with Gasteiger partial charge in [-0.25, -0.2) is 0 Å². The quantitative estimate of drug-likeness (QED) is 0.674. The normalized spacial score (nSPS) is 12.8. The smallest absolute Gasteiger partial charge is 0.169 e. The molecule has 1 aromatic rings. The molecule has 1 unspecified atom stereocenters. The minimum atomic E-state index is -0.183. The number of nitrogens with one attached hydrogen (secondary N) is 1. The highest BCUT2D eigenvalue weighted by Gasteiger charge is 2.10. The van der Waals surface area contributed by atoms with Crippen molar-refractivity contribution < 1.29 is 14.6 Å². The van der Waals surface area contributed by atoms with E-state index in [2.05, 4.69) is 12.2 Å². The third-order valence-electron chi connectivity index (χ3n) is 2.82. The van der Waals surface area contributed by atoms with E-state index in [1.165, 1.54) is 5.56 Å². The number of hydrogen-bond acceptors (Lipinski definition) is 4. The minimum Gasteiger partial charge on any atom is -0.508 e. The fourth-order valence-corrected chi connectivity index (χ4v) is 1.89. The molecule has 19 heavy (non-hydrogen) atoms. The lowest BCUT2D eigenvalue weighted by Crippen LogP contribution is -2.37. The minimum absolute atomic E-state index is 0.183. The number of phenolic OH excluding ortho intramolecular Hbond substituents is 1. The van der Waals surface area contributed by atoms with Gasteiger partial charge in [-0.3, -0.25) is 0 Å². The van der Waals surface area contributed by atoms with Crippen LogP contribution in [0.3, 0.4) is 0 Å². The van der Waals surface area contributed by atoms with Gasteiger partial charge in [-0.05, 0) is 44.9 Å². The van der Waals surface area contributed by atoms with Crippen LogP contribution in [-0.4, -0.2) is 37.2 Å². The Hall–Kier alpha value is -1.10. The van der Waals surface area contributed by atoms with Gasteiger partial charge in [-0.2, -0.15) is 0 Å². The molecule has 4 heteroatoms. The Morgan fingerprint density at radius 3 is 2.21 bits per heavy atom. The summed E-state index contributed by atoms with van der Waals surface area (Å²) in [7, 11) is 0. The van der Waals surface area contributed by atoms with Crippen LogP contribution < -0.4 is 5.32 Å². The van der Waals surface area contributed by atoms with Crippen LogP contribution in [0.25, 0.3) is 0 Å². The maximum absolute atomic E-state index is 9.24. The Morgan fingerprint density at radius 1 is 1.11 bits per heavy atom. The molecule has 0 saturated carbocycles. The number of phenols is 1. The second-order valence-electron chi connectivity index (χ2n) is 4.52. The summed E-state index contributed by atoms with van der Waals surface area (Å²) in [6, 6.07) is 7.64. The summed E-state index contributed by atoms with van der Waals surface area (Å²) in [4.78, 5) is 0. The van der Waals surface area contributed by atoms with Crippen molar-refractivity contribution in [3.63, 3.8) is 0 Å². The van der Waals surface area contributed by atoms with Gasteiger partial charge in [0.15, 0.2) is 6.29 Å². The fourth-order valence-electron chi connectivity index (χ4n) is 1.89. The first-order valence-corrected chi connectivity index (χ1v) is 6.90. The van der Waals surface area contributed by atoms with Crippen molar-refractivity contribution in [2.45, 2.75) is 39.5 Å². The van der Waals surface area contributed by atoms with E-state index in [-0.39, 0.29) is 6.29 Å². The molecule has 0 fully saturated rings. The van der Waals surface area contributed by atoms with Gasteiger partial charge in [-0.15, -0.1) is 0 Å². The van der Waals surface area contributed by atoms with Crippen molar-refractivity contribution in [1.82, 2.24) is 5.32 Å². The second kappa shape index (κ2) is 8.91. The fraction of sp³-hybridized carbons (Fsp3) is 0.600. The maximum Gasteiger partial charge on any atom is 0.169 e. The first-order valence-electron chi connectivity index (χ1n) is 6.90. The summed E-state index contributed by atoms with van der Waals surface area (Å²) >= 11 is 0. The van der Waals surface area contributed by atoms with Gasteiger partial charge in [0, 0.05) is 25.8 Å². The van der Waals surface area contributed by atoms with E-state index >= 15 is 0 Å². The van der Waals surface area contributed by atoms with Gasteiger partial charge in [0.1, 0.15) is 5.75 Å². The first-order chi connectivity index (χ1) is 9.15. The molecule has 4 nitrogen and oxygen atoms in total. The van der Waals surface area contributed by atoms with Crippen LogP contribution in [0.15, 0.2) is 24.3 Å². The van der Waals surface area contributed by atoms with Crippen molar-refractivity contribution in [3.05, 3.63) is 29.8 Å². The first kappa shape index (κ1) is 16.0. The highest BCUT2D eigenvalue weighted by molar-refractivity contribution is 5.26. The second-order valence-corrected chi connectivity index (χ2v) is 4.52. The maximum atomic E-state index is 9.24. The van der Waals surface area contributed by atoms with Crippen LogP contribution in [0.5, 0.6) is 5.75 Å². The molecule has 0 bridgehead atoms. The summed E-state index contributed by atoms with van der Waals surface area (Å²) in [5.41, 5.74) is 1.20. The standard InChI is InChI=1S/C15H25NO3/c1-4-18-15(19-5-2)11-16-12(3)10-13-6-8-14(17)9-7-13/h6-9,12,15-17H,4-5,10-11H2,1-3H3. The van der Waals surface area contributed by atoms with Crippen LogP contribution in [0.2, 0.25) is 0 Å². The van der Waals surface area contributed by atoms with Crippen LogP contribution >= 0.6 is 0 Å². The van der Waals surface area contributed by atoms with Crippen LogP contribution in [-0.2, 0) is 15.9 Å². The molecule has 0 aliphatic rings. The topological polar surface area (TPSA) is 50.7 Å². The number of benzene rings is 1. The van der Waals surface area contributed by atoms with Crippen molar-refractivity contribution in [2.24, 2.45) is 0 Å². The molecule has 108 valence electrons. The third-order valence-corrected chi connectivity index (χ3v) is 2.82. The molecule has 0 saturated heterocycles. The van der Waals surface area contributed by atoms with Crippen molar-refractivity contribution in [2.75, 3.05) is 19.8 Å². The lowest BCUT2D eigenvalue weighted by molar-refractivity contribution is -0.133. The molecule has 0 spiro atoms. The number of rotatable bonds is 9.